The van der Waals surface area contributed by atoms with Gasteiger partial charge >= 0.3 is 0 Å². The summed E-state index contributed by atoms with van der Waals surface area (Å²) < 4.78 is 0. The van der Waals surface area contributed by atoms with E-state index < -0.39 is 0 Å². The summed E-state index contributed by atoms with van der Waals surface area (Å²) in [5.41, 5.74) is 2.84. The number of rotatable bonds is 4. The van der Waals surface area contributed by atoms with Crippen LogP contribution in [0.1, 0.15) is 36.4 Å². The maximum Gasteiger partial charge on any atom is 0.0406 e. The lowest BCUT2D eigenvalue weighted by atomic mass is 9.95. The quantitative estimate of drug-likeness (QED) is 0.758. The molecule has 1 saturated heterocycles. The number of halogens is 1. The summed E-state index contributed by atoms with van der Waals surface area (Å²) in [7, 11) is 0. The van der Waals surface area contributed by atoms with Crippen molar-refractivity contribution < 1.29 is 0 Å². The van der Waals surface area contributed by atoms with E-state index in [-0.39, 0.29) is 0 Å². The first-order valence-corrected chi connectivity index (χ1v) is 8.24. The van der Waals surface area contributed by atoms with Gasteiger partial charge in [-0.05, 0) is 49.1 Å². The Morgan fingerprint density at radius 1 is 0.952 bits per heavy atom. The monoisotopic (exact) mass is 299 g/mol. The Labute approximate surface area is 132 Å². The van der Waals surface area contributed by atoms with Crippen molar-refractivity contribution >= 4 is 11.6 Å². The van der Waals surface area contributed by atoms with Gasteiger partial charge in [0.25, 0.3) is 0 Å². The maximum absolute atomic E-state index is 6.01. The second kappa shape index (κ2) is 7.11. The Morgan fingerprint density at radius 3 is 2.48 bits per heavy atom. The highest BCUT2D eigenvalue weighted by Gasteiger charge is 2.23. The van der Waals surface area contributed by atoms with E-state index in [0.29, 0.717) is 6.04 Å². The highest BCUT2D eigenvalue weighted by molar-refractivity contribution is 6.30. The number of likely N-dealkylation sites (tertiary alicyclic amines) is 1. The van der Waals surface area contributed by atoms with Crippen molar-refractivity contribution in [3.8, 4) is 0 Å². The summed E-state index contributed by atoms with van der Waals surface area (Å²) in [6, 6.07) is 19.7. The normalized spacial score (nSPS) is 19.6. The summed E-state index contributed by atoms with van der Waals surface area (Å²) in [6.45, 7) is 2.34. The SMILES string of the molecule is Clc1ccc(C2CCCCN2CCc2ccccc2)cc1. The van der Waals surface area contributed by atoms with Crippen LogP contribution < -0.4 is 0 Å². The fourth-order valence-corrected chi connectivity index (χ4v) is 3.36. The van der Waals surface area contributed by atoms with Gasteiger partial charge in [-0.15, -0.1) is 0 Å². The van der Waals surface area contributed by atoms with Crippen molar-refractivity contribution in [2.75, 3.05) is 13.1 Å². The lowest BCUT2D eigenvalue weighted by Gasteiger charge is -2.36. The van der Waals surface area contributed by atoms with Crippen molar-refractivity contribution in [1.82, 2.24) is 4.90 Å². The zero-order valence-corrected chi connectivity index (χ0v) is 13.1. The third kappa shape index (κ3) is 3.87. The minimum absolute atomic E-state index is 0.555. The molecule has 0 spiro atoms. The van der Waals surface area contributed by atoms with Gasteiger partial charge in [0, 0.05) is 17.6 Å². The molecule has 1 fully saturated rings. The summed E-state index contributed by atoms with van der Waals surface area (Å²) in [6.07, 6.45) is 5.04. The molecule has 1 atom stereocenters. The molecule has 0 N–H and O–H groups in total. The molecule has 0 amide bonds. The number of nitrogens with zero attached hydrogens (tertiary/aromatic N) is 1. The van der Waals surface area contributed by atoms with E-state index in [9.17, 15) is 0 Å². The lowest BCUT2D eigenvalue weighted by molar-refractivity contribution is 0.150. The third-order valence-corrected chi connectivity index (χ3v) is 4.65. The summed E-state index contributed by atoms with van der Waals surface area (Å²) in [5.74, 6) is 0. The van der Waals surface area contributed by atoms with E-state index in [0.717, 1.165) is 18.0 Å². The van der Waals surface area contributed by atoms with E-state index in [1.54, 1.807) is 0 Å². The molecular formula is C19H22ClN. The van der Waals surface area contributed by atoms with E-state index in [1.165, 1.54) is 36.9 Å². The molecular weight excluding hydrogens is 278 g/mol. The second-order valence-electron chi connectivity index (χ2n) is 5.83. The molecule has 3 rings (SSSR count). The van der Waals surface area contributed by atoms with E-state index in [2.05, 4.69) is 47.4 Å². The van der Waals surface area contributed by atoms with Crippen molar-refractivity contribution in [2.24, 2.45) is 0 Å². The Kier molecular flexibility index (Phi) is 4.95. The molecule has 0 saturated carbocycles. The standard InChI is InChI=1S/C19H22ClN/c20-18-11-9-17(10-12-18)19-8-4-5-14-21(19)15-13-16-6-2-1-3-7-16/h1-3,6-7,9-12,19H,4-5,8,13-15H2. The third-order valence-electron chi connectivity index (χ3n) is 4.40. The smallest absolute Gasteiger partial charge is 0.0406 e. The van der Waals surface area contributed by atoms with Crippen molar-refractivity contribution in [3.05, 3.63) is 70.7 Å². The molecule has 0 radical (unpaired) electrons. The second-order valence-corrected chi connectivity index (χ2v) is 6.27. The predicted molar refractivity (Wildman–Crippen MR) is 89.8 cm³/mol. The van der Waals surface area contributed by atoms with Gasteiger partial charge in [0.1, 0.15) is 0 Å². The van der Waals surface area contributed by atoms with Crippen LogP contribution in [0.25, 0.3) is 0 Å². The summed E-state index contributed by atoms with van der Waals surface area (Å²) >= 11 is 6.01. The summed E-state index contributed by atoms with van der Waals surface area (Å²) in [4.78, 5) is 2.64. The number of benzene rings is 2. The van der Waals surface area contributed by atoms with Crippen LogP contribution in [0.15, 0.2) is 54.6 Å². The van der Waals surface area contributed by atoms with Crippen LogP contribution in [0.5, 0.6) is 0 Å². The minimum atomic E-state index is 0.555. The highest BCUT2D eigenvalue weighted by atomic mass is 35.5. The van der Waals surface area contributed by atoms with Gasteiger partial charge in [-0.1, -0.05) is 60.5 Å². The van der Waals surface area contributed by atoms with Crippen LogP contribution in [0.3, 0.4) is 0 Å². The van der Waals surface area contributed by atoms with Crippen LogP contribution in [-0.4, -0.2) is 18.0 Å². The van der Waals surface area contributed by atoms with Gasteiger partial charge in [-0.3, -0.25) is 4.90 Å². The zero-order chi connectivity index (χ0) is 14.5. The van der Waals surface area contributed by atoms with Gasteiger partial charge in [0.15, 0.2) is 0 Å². The Morgan fingerprint density at radius 2 is 1.71 bits per heavy atom. The largest absolute Gasteiger partial charge is 0.296 e. The maximum atomic E-state index is 6.01. The Bertz CT molecular complexity index is 550. The molecule has 0 bridgehead atoms. The molecule has 110 valence electrons. The van der Waals surface area contributed by atoms with Crippen LogP contribution in [0, 0.1) is 0 Å². The van der Waals surface area contributed by atoms with E-state index >= 15 is 0 Å². The fraction of sp³-hybridized carbons (Fsp3) is 0.368. The lowest BCUT2D eigenvalue weighted by Crippen LogP contribution is -2.35. The van der Waals surface area contributed by atoms with Gasteiger partial charge in [-0.25, -0.2) is 0 Å². The topological polar surface area (TPSA) is 3.24 Å². The van der Waals surface area contributed by atoms with Crippen LogP contribution in [0.4, 0.5) is 0 Å². The van der Waals surface area contributed by atoms with Crippen LogP contribution in [-0.2, 0) is 6.42 Å². The Balaban J connectivity index is 1.68. The number of hydrogen-bond donors (Lipinski definition) is 0. The van der Waals surface area contributed by atoms with Gasteiger partial charge in [-0.2, -0.15) is 0 Å². The van der Waals surface area contributed by atoms with Gasteiger partial charge in [0.2, 0.25) is 0 Å². The summed E-state index contributed by atoms with van der Waals surface area (Å²) in [5, 5.41) is 0.824. The van der Waals surface area contributed by atoms with Crippen LogP contribution in [0.2, 0.25) is 5.02 Å². The minimum Gasteiger partial charge on any atom is -0.296 e. The molecule has 0 aliphatic carbocycles. The number of piperidine rings is 1. The van der Waals surface area contributed by atoms with Gasteiger partial charge < -0.3 is 0 Å². The van der Waals surface area contributed by atoms with E-state index in [1.807, 2.05) is 12.1 Å². The van der Waals surface area contributed by atoms with Gasteiger partial charge in [0.05, 0.1) is 0 Å². The molecule has 21 heavy (non-hydrogen) atoms. The molecule has 2 aromatic carbocycles. The van der Waals surface area contributed by atoms with Crippen molar-refractivity contribution in [2.45, 2.75) is 31.7 Å². The zero-order valence-electron chi connectivity index (χ0n) is 12.3. The first kappa shape index (κ1) is 14.6. The average Bonchev–Trinajstić information content (AvgIpc) is 2.55. The van der Waals surface area contributed by atoms with Crippen molar-refractivity contribution in [1.29, 1.82) is 0 Å². The number of hydrogen-bond acceptors (Lipinski definition) is 1. The van der Waals surface area contributed by atoms with Crippen molar-refractivity contribution in [3.63, 3.8) is 0 Å². The molecule has 1 aliphatic rings. The molecule has 1 nitrogen and oxygen atoms in total. The van der Waals surface area contributed by atoms with E-state index in [4.69, 9.17) is 11.6 Å². The molecule has 0 aromatic heterocycles. The molecule has 1 unspecified atom stereocenters. The molecule has 2 aromatic rings. The Hall–Kier alpha value is -1.31. The highest BCUT2D eigenvalue weighted by Crippen LogP contribution is 2.31. The fourth-order valence-electron chi connectivity index (χ4n) is 3.24. The average molecular weight is 300 g/mol. The van der Waals surface area contributed by atoms with Crippen LogP contribution >= 0.6 is 11.6 Å². The molecule has 1 heterocycles. The molecule has 2 heteroatoms. The molecule has 1 aliphatic heterocycles. The first-order chi connectivity index (χ1) is 10.3. The predicted octanol–water partition coefficient (Wildman–Crippen LogP) is 5.11. The first-order valence-electron chi connectivity index (χ1n) is 7.86.